The fourth-order valence-corrected chi connectivity index (χ4v) is 6.62. The molecule has 1 fully saturated rings. The molecule has 0 spiro atoms. The van der Waals surface area contributed by atoms with E-state index < -0.39 is 6.04 Å². The number of aromatic nitrogens is 2. The summed E-state index contributed by atoms with van der Waals surface area (Å²) in [4.78, 5) is 43.8. The van der Waals surface area contributed by atoms with E-state index in [1.165, 1.54) is 5.56 Å². The highest BCUT2D eigenvalue weighted by Gasteiger charge is 2.38. The van der Waals surface area contributed by atoms with Crippen LogP contribution in [0, 0.1) is 17.3 Å². The molecule has 3 aliphatic heterocycles. The molecule has 0 radical (unpaired) electrons. The summed E-state index contributed by atoms with van der Waals surface area (Å²) in [7, 11) is 0. The van der Waals surface area contributed by atoms with Crippen LogP contribution in [0.3, 0.4) is 0 Å². The van der Waals surface area contributed by atoms with Gasteiger partial charge in [0.2, 0.25) is 11.8 Å². The predicted molar refractivity (Wildman–Crippen MR) is 154 cm³/mol. The number of likely N-dealkylation sites (tertiary alicyclic amines) is 1. The van der Waals surface area contributed by atoms with Crippen LogP contribution < -0.4 is 10.6 Å². The molecule has 210 valence electrons. The lowest BCUT2D eigenvalue weighted by Crippen LogP contribution is -2.54. The Morgan fingerprint density at radius 2 is 1.82 bits per heavy atom. The number of piperidine rings is 1. The van der Waals surface area contributed by atoms with E-state index in [0.717, 1.165) is 47.0 Å². The summed E-state index contributed by atoms with van der Waals surface area (Å²) in [5, 5.41) is 14.4. The average molecular weight is 543 g/mol. The van der Waals surface area contributed by atoms with Crippen LogP contribution in [0.25, 0.3) is 10.9 Å². The molecule has 4 heterocycles. The Kier molecular flexibility index (Phi) is 6.76. The van der Waals surface area contributed by atoms with Crippen LogP contribution in [0.2, 0.25) is 0 Å². The molecule has 9 heteroatoms. The number of carbonyl (C=O) groups excluding carboxylic acids is 3. The Hall–Kier alpha value is -3.88. The van der Waals surface area contributed by atoms with Crippen molar-refractivity contribution in [2.45, 2.75) is 59.0 Å². The molecule has 0 aliphatic carbocycles. The van der Waals surface area contributed by atoms with Gasteiger partial charge in [-0.25, -0.2) is 4.79 Å². The second-order valence-electron chi connectivity index (χ2n) is 12.8. The molecule has 3 aromatic rings. The second kappa shape index (κ2) is 10.3. The number of aromatic amines is 1. The van der Waals surface area contributed by atoms with Crippen molar-refractivity contribution >= 4 is 34.4 Å². The van der Waals surface area contributed by atoms with Gasteiger partial charge >= 0.3 is 6.03 Å². The summed E-state index contributed by atoms with van der Waals surface area (Å²) in [5.74, 6) is 0.174. The van der Waals surface area contributed by atoms with Crippen molar-refractivity contribution in [2.24, 2.45) is 17.3 Å². The van der Waals surface area contributed by atoms with Gasteiger partial charge in [-0.1, -0.05) is 45.0 Å². The number of fused-ring (bicyclic) bond motifs is 4. The van der Waals surface area contributed by atoms with Gasteiger partial charge in [0, 0.05) is 49.6 Å². The molecule has 3 aliphatic rings. The van der Waals surface area contributed by atoms with Gasteiger partial charge < -0.3 is 20.4 Å². The second-order valence-corrected chi connectivity index (χ2v) is 12.8. The lowest BCUT2D eigenvalue weighted by molar-refractivity contribution is -0.134. The SMILES string of the molecule is CC(C)(C)CN1Cc2c(ccc3[nH]ncc23)CC(NC(=O)N2CCC(C3Cc4ccccc4NC3=O)CC2)C1=O. The van der Waals surface area contributed by atoms with E-state index in [-0.39, 0.29) is 35.1 Å². The fourth-order valence-electron chi connectivity index (χ4n) is 6.62. The highest BCUT2D eigenvalue weighted by molar-refractivity contribution is 5.96. The number of nitrogens with one attached hydrogen (secondary N) is 3. The number of anilines is 1. The van der Waals surface area contributed by atoms with E-state index >= 15 is 0 Å². The summed E-state index contributed by atoms with van der Waals surface area (Å²) >= 11 is 0. The van der Waals surface area contributed by atoms with Crippen LogP contribution >= 0.6 is 0 Å². The number of rotatable bonds is 3. The monoisotopic (exact) mass is 542 g/mol. The van der Waals surface area contributed by atoms with Gasteiger partial charge in [-0.05, 0) is 59.4 Å². The minimum Gasteiger partial charge on any atom is -0.336 e. The normalized spacial score (nSPS) is 22.0. The number of carbonyl (C=O) groups is 3. The Bertz CT molecular complexity index is 1450. The molecule has 1 saturated heterocycles. The van der Waals surface area contributed by atoms with Crippen LogP contribution in [-0.4, -0.2) is 63.5 Å². The van der Waals surface area contributed by atoms with Crippen molar-refractivity contribution in [2.75, 3.05) is 25.0 Å². The predicted octanol–water partition coefficient (Wildman–Crippen LogP) is 4.09. The van der Waals surface area contributed by atoms with Crippen molar-refractivity contribution in [3.8, 4) is 0 Å². The quantitative estimate of drug-likeness (QED) is 0.463. The molecule has 0 saturated carbocycles. The van der Waals surface area contributed by atoms with Crippen LogP contribution in [0.15, 0.2) is 42.6 Å². The molecular weight excluding hydrogens is 504 g/mol. The van der Waals surface area contributed by atoms with Crippen molar-refractivity contribution in [1.29, 1.82) is 0 Å². The largest absolute Gasteiger partial charge is 0.336 e. The van der Waals surface area contributed by atoms with Crippen LogP contribution in [0.4, 0.5) is 10.5 Å². The smallest absolute Gasteiger partial charge is 0.318 e. The standard InChI is InChI=1S/C31H38N6O3/c1-31(2,3)18-37-17-24-20(8-9-26-23(24)16-32-35-26)15-27(29(37)39)34-30(40)36-12-10-19(11-13-36)22-14-21-6-4-5-7-25(21)33-28(22)38/h4-9,16,19,22,27H,10-15,17-18H2,1-3H3,(H,32,35)(H,33,38)(H,34,40). The maximum atomic E-state index is 13.8. The van der Waals surface area contributed by atoms with E-state index in [1.807, 2.05) is 41.4 Å². The molecule has 2 aromatic carbocycles. The van der Waals surface area contributed by atoms with E-state index in [4.69, 9.17) is 0 Å². The van der Waals surface area contributed by atoms with Crippen LogP contribution in [0.1, 0.15) is 50.3 Å². The maximum Gasteiger partial charge on any atom is 0.318 e. The third-order valence-corrected chi connectivity index (χ3v) is 8.63. The molecule has 2 atom stereocenters. The summed E-state index contributed by atoms with van der Waals surface area (Å²) in [6.45, 7) is 8.58. The van der Waals surface area contributed by atoms with Gasteiger partial charge in [0.15, 0.2) is 0 Å². The Morgan fingerprint density at radius 1 is 1.05 bits per heavy atom. The van der Waals surface area contributed by atoms with E-state index in [0.29, 0.717) is 32.6 Å². The summed E-state index contributed by atoms with van der Waals surface area (Å²) in [6, 6.07) is 11.2. The lowest BCUT2D eigenvalue weighted by Gasteiger charge is -2.38. The molecule has 3 N–H and O–H groups in total. The average Bonchev–Trinajstić information content (AvgIpc) is 3.37. The Morgan fingerprint density at radius 3 is 2.60 bits per heavy atom. The number of para-hydroxylation sites is 1. The Labute approximate surface area is 234 Å². The zero-order chi connectivity index (χ0) is 28.0. The summed E-state index contributed by atoms with van der Waals surface area (Å²) < 4.78 is 0. The molecular formula is C31H38N6O3. The van der Waals surface area contributed by atoms with E-state index in [2.05, 4.69) is 47.7 Å². The topological polar surface area (TPSA) is 110 Å². The minimum atomic E-state index is -0.640. The first kappa shape index (κ1) is 26.3. The highest BCUT2D eigenvalue weighted by atomic mass is 16.2. The molecule has 0 bridgehead atoms. The number of H-pyrrole nitrogens is 1. The number of benzene rings is 2. The zero-order valence-electron chi connectivity index (χ0n) is 23.5. The maximum absolute atomic E-state index is 13.8. The molecule has 9 nitrogen and oxygen atoms in total. The number of hydrogen-bond acceptors (Lipinski definition) is 4. The third kappa shape index (κ3) is 5.17. The van der Waals surface area contributed by atoms with E-state index in [9.17, 15) is 14.4 Å². The first-order valence-electron chi connectivity index (χ1n) is 14.3. The van der Waals surface area contributed by atoms with Gasteiger partial charge in [0.1, 0.15) is 6.04 Å². The third-order valence-electron chi connectivity index (χ3n) is 8.63. The lowest BCUT2D eigenvalue weighted by atomic mass is 9.78. The number of nitrogens with zero attached hydrogens (tertiary/aromatic N) is 3. The molecule has 4 amide bonds. The first-order valence-corrected chi connectivity index (χ1v) is 14.3. The fraction of sp³-hybridized carbons (Fsp3) is 0.484. The van der Waals surface area contributed by atoms with Crippen LogP contribution in [0.5, 0.6) is 0 Å². The minimum absolute atomic E-state index is 0.0523. The van der Waals surface area contributed by atoms with Crippen molar-refractivity contribution in [3.63, 3.8) is 0 Å². The van der Waals surface area contributed by atoms with Crippen molar-refractivity contribution in [1.82, 2.24) is 25.3 Å². The van der Waals surface area contributed by atoms with Gasteiger partial charge in [-0.3, -0.25) is 14.7 Å². The van der Waals surface area contributed by atoms with Crippen LogP contribution in [-0.2, 0) is 29.0 Å². The number of urea groups is 1. The number of amides is 4. The summed E-state index contributed by atoms with van der Waals surface area (Å²) in [5.41, 5.74) is 5.09. The molecule has 2 unspecified atom stereocenters. The zero-order valence-corrected chi connectivity index (χ0v) is 23.5. The first-order chi connectivity index (χ1) is 19.2. The van der Waals surface area contributed by atoms with Gasteiger partial charge in [0.25, 0.3) is 0 Å². The van der Waals surface area contributed by atoms with Gasteiger partial charge in [-0.15, -0.1) is 0 Å². The van der Waals surface area contributed by atoms with Gasteiger partial charge in [-0.2, -0.15) is 5.10 Å². The highest BCUT2D eigenvalue weighted by Crippen LogP contribution is 2.34. The summed E-state index contributed by atoms with van der Waals surface area (Å²) in [6.07, 6.45) is 4.54. The molecule has 40 heavy (non-hydrogen) atoms. The molecule has 1 aromatic heterocycles. The van der Waals surface area contributed by atoms with E-state index in [1.54, 1.807) is 4.90 Å². The number of hydrogen-bond donors (Lipinski definition) is 3. The van der Waals surface area contributed by atoms with Gasteiger partial charge in [0.05, 0.1) is 11.7 Å². The van der Waals surface area contributed by atoms with Crippen molar-refractivity contribution in [3.05, 3.63) is 59.3 Å². The molecule has 6 rings (SSSR count). The Balaban J connectivity index is 1.14. The van der Waals surface area contributed by atoms with Crippen molar-refractivity contribution < 1.29 is 14.4 Å².